The molecule has 0 heterocycles. The van der Waals surface area contributed by atoms with Gasteiger partial charge in [-0.25, -0.2) is 0 Å². The van der Waals surface area contributed by atoms with Crippen molar-refractivity contribution in [2.24, 2.45) is 10.9 Å². The van der Waals surface area contributed by atoms with Crippen LogP contribution in [-0.2, 0) is 6.54 Å². The standard InChI is InChI=1S/C19H32N4O/c1-6-21-18(24)17-11-9-16(10-12-17)13-22-19(20-5)23-15(4)8-7-14(2)3/h9-12,14-15H,6-8,13H2,1-5H3,(H,21,24)(H2,20,22,23). The van der Waals surface area contributed by atoms with Gasteiger partial charge in [0.15, 0.2) is 5.96 Å². The van der Waals surface area contributed by atoms with E-state index in [-0.39, 0.29) is 5.91 Å². The average molecular weight is 332 g/mol. The first-order valence-electron chi connectivity index (χ1n) is 8.80. The molecule has 134 valence electrons. The number of rotatable bonds is 8. The molecule has 1 rings (SSSR count). The lowest BCUT2D eigenvalue weighted by Gasteiger charge is -2.18. The van der Waals surface area contributed by atoms with Gasteiger partial charge >= 0.3 is 0 Å². The molecule has 0 radical (unpaired) electrons. The summed E-state index contributed by atoms with van der Waals surface area (Å²) in [6.45, 7) is 9.88. The van der Waals surface area contributed by atoms with Gasteiger partial charge < -0.3 is 16.0 Å². The van der Waals surface area contributed by atoms with E-state index in [1.54, 1.807) is 7.05 Å². The van der Waals surface area contributed by atoms with Gasteiger partial charge in [-0.1, -0.05) is 26.0 Å². The smallest absolute Gasteiger partial charge is 0.251 e. The van der Waals surface area contributed by atoms with Gasteiger partial charge in [0.2, 0.25) is 0 Å². The van der Waals surface area contributed by atoms with Crippen LogP contribution < -0.4 is 16.0 Å². The van der Waals surface area contributed by atoms with E-state index in [0.717, 1.165) is 17.9 Å². The fourth-order valence-electron chi connectivity index (χ4n) is 2.31. The monoisotopic (exact) mass is 332 g/mol. The second-order valence-electron chi connectivity index (χ2n) is 6.50. The predicted molar refractivity (Wildman–Crippen MR) is 101 cm³/mol. The molecule has 0 aliphatic rings. The van der Waals surface area contributed by atoms with Crippen LogP contribution in [0.4, 0.5) is 0 Å². The maximum atomic E-state index is 11.7. The van der Waals surface area contributed by atoms with Gasteiger partial charge in [-0.2, -0.15) is 0 Å². The molecule has 0 fully saturated rings. The number of carbonyl (C=O) groups excluding carboxylic acids is 1. The Labute approximate surface area is 146 Å². The van der Waals surface area contributed by atoms with Gasteiger partial charge in [-0.05, 0) is 50.3 Å². The summed E-state index contributed by atoms with van der Waals surface area (Å²) in [6.07, 6.45) is 2.33. The highest BCUT2D eigenvalue weighted by Crippen LogP contribution is 2.07. The number of carbonyl (C=O) groups is 1. The Kier molecular flexibility index (Phi) is 8.90. The molecule has 0 spiro atoms. The first-order valence-corrected chi connectivity index (χ1v) is 8.80. The van der Waals surface area contributed by atoms with Gasteiger partial charge in [0.1, 0.15) is 0 Å². The maximum absolute atomic E-state index is 11.7. The fraction of sp³-hybridized carbons (Fsp3) is 0.579. The van der Waals surface area contributed by atoms with Crippen LogP contribution >= 0.6 is 0 Å². The fourth-order valence-corrected chi connectivity index (χ4v) is 2.31. The van der Waals surface area contributed by atoms with Crippen molar-refractivity contribution in [3.63, 3.8) is 0 Å². The summed E-state index contributed by atoms with van der Waals surface area (Å²) in [5.41, 5.74) is 1.80. The Balaban J connectivity index is 2.47. The van der Waals surface area contributed by atoms with E-state index < -0.39 is 0 Å². The number of hydrogen-bond acceptors (Lipinski definition) is 2. The van der Waals surface area contributed by atoms with Crippen LogP contribution in [-0.4, -0.2) is 31.5 Å². The molecule has 3 N–H and O–H groups in total. The third-order valence-electron chi connectivity index (χ3n) is 3.80. The molecule has 0 aromatic heterocycles. The summed E-state index contributed by atoms with van der Waals surface area (Å²) in [5.74, 6) is 1.49. The lowest BCUT2D eigenvalue weighted by Crippen LogP contribution is -2.41. The third-order valence-corrected chi connectivity index (χ3v) is 3.80. The lowest BCUT2D eigenvalue weighted by molar-refractivity contribution is 0.0956. The first-order chi connectivity index (χ1) is 11.5. The number of hydrogen-bond donors (Lipinski definition) is 3. The molecular formula is C19H32N4O. The highest BCUT2D eigenvalue weighted by atomic mass is 16.1. The zero-order valence-corrected chi connectivity index (χ0v) is 15.6. The Bertz CT molecular complexity index is 523. The number of nitrogens with one attached hydrogen (secondary N) is 3. The normalized spacial score (nSPS) is 12.8. The number of guanidine groups is 1. The van der Waals surface area contributed by atoms with E-state index in [0.29, 0.717) is 30.6 Å². The molecule has 5 nitrogen and oxygen atoms in total. The van der Waals surface area contributed by atoms with E-state index in [4.69, 9.17) is 0 Å². The van der Waals surface area contributed by atoms with Crippen LogP contribution in [0.3, 0.4) is 0 Å². The molecule has 1 aromatic rings. The van der Waals surface area contributed by atoms with Crippen molar-refractivity contribution < 1.29 is 4.79 Å². The molecule has 0 aliphatic carbocycles. The zero-order valence-electron chi connectivity index (χ0n) is 15.6. The van der Waals surface area contributed by atoms with Crippen LogP contribution in [0.15, 0.2) is 29.3 Å². The van der Waals surface area contributed by atoms with Gasteiger partial charge in [0.25, 0.3) is 5.91 Å². The summed E-state index contributed by atoms with van der Waals surface area (Å²) >= 11 is 0. The Morgan fingerprint density at radius 2 is 1.75 bits per heavy atom. The molecule has 0 saturated heterocycles. The highest BCUT2D eigenvalue weighted by molar-refractivity contribution is 5.94. The van der Waals surface area contributed by atoms with Crippen LogP contribution in [0.2, 0.25) is 0 Å². The molecular weight excluding hydrogens is 300 g/mol. The minimum absolute atomic E-state index is 0.0338. The molecule has 1 aromatic carbocycles. The summed E-state index contributed by atoms with van der Waals surface area (Å²) < 4.78 is 0. The van der Waals surface area contributed by atoms with E-state index in [1.165, 1.54) is 6.42 Å². The van der Waals surface area contributed by atoms with E-state index >= 15 is 0 Å². The minimum atomic E-state index is -0.0338. The van der Waals surface area contributed by atoms with Crippen molar-refractivity contribution in [3.8, 4) is 0 Å². The molecule has 24 heavy (non-hydrogen) atoms. The Morgan fingerprint density at radius 1 is 1.08 bits per heavy atom. The summed E-state index contributed by atoms with van der Waals surface area (Å²) in [6, 6.07) is 8.02. The third kappa shape index (κ3) is 7.49. The molecule has 1 unspecified atom stereocenters. The van der Waals surface area contributed by atoms with E-state index in [9.17, 15) is 4.79 Å². The number of aliphatic imine (C=N–C) groups is 1. The molecule has 0 bridgehead atoms. The summed E-state index contributed by atoms with van der Waals surface area (Å²) in [7, 11) is 1.78. The SMILES string of the molecule is CCNC(=O)c1ccc(CNC(=NC)NC(C)CCC(C)C)cc1. The van der Waals surface area contributed by atoms with Crippen LogP contribution in [0.1, 0.15) is 56.5 Å². The van der Waals surface area contributed by atoms with Crippen LogP contribution in [0, 0.1) is 5.92 Å². The lowest BCUT2D eigenvalue weighted by atomic mass is 10.0. The van der Waals surface area contributed by atoms with Crippen molar-refractivity contribution in [2.45, 2.75) is 53.1 Å². The van der Waals surface area contributed by atoms with Gasteiger partial charge in [0.05, 0.1) is 0 Å². The van der Waals surface area contributed by atoms with Crippen molar-refractivity contribution in [2.75, 3.05) is 13.6 Å². The second-order valence-corrected chi connectivity index (χ2v) is 6.50. The van der Waals surface area contributed by atoms with Crippen molar-refractivity contribution in [3.05, 3.63) is 35.4 Å². The largest absolute Gasteiger partial charge is 0.354 e. The molecule has 1 atom stereocenters. The molecule has 0 aliphatic heterocycles. The number of amides is 1. The Morgan fingerprint density at radius 3 is 2.29 bits per heavy atom. The summed E-state index contributed by atoms with van der Waals surface area (Å²) in [5, 5.41) is 9.53. The number of nitrogens with zero attached hydrogens (tertiary/aromatic N) is 1. The van der Waals surface area contributed by atoms with Crippen molar-refractivity contribution in [1.29, 1.82) is 0 Å². The number of benzene rings is 1. The average Bonchev–Trinajstić information content (AvgIpc) is 2.57. The predicted octanol–water partition coefficient (Wildman–Crippen LogP) is 2.93. The minimum Gasteiger partial charge on any atom is -0.354 e. The second kappa shape index (κ2) is 10.7. The van der Waals surface area contributed by atoms with Gasteiger partial charge in [-0.3, -0.25) is 9.79 Å². The topological polar surface area (TPSA) is 65.5 Å². The van der Waals surface area contributed by atoms with E-state index in [2.05, 4.69) is 41.7 Å². The molecule has 0 saturated carbocycles. The maximum Gasteiger partial charge on any atom is 0.251 e. The molecule has 1 amide bonds. The molecule has 5 heteroatoms. The highest BCUT2D eigenvalue weighted by Gasteiger charge is 2.07. The van der Waals surface area contributed by atoms with Crippen LogP contribution in [0.25, 0.3) is 0 Å². The van der Waals surface area contributed by atoms with Crippen molar-refractivity contribution >= 4 is 11.9 Å². The summed E-state index contributed by atoms with van der Waals surface area (Å²) in [4.78, 5) is 16.0. The zero-order chi connectivity index (χ0) is 17.9. The van der Waals surface area contributed by atoms with Gasteiger partial charge in [-0.15, -0.1) is 0 Å². The van der Waals surface area contributed by atoms with E-state index in [1.807, 2.05) is 31.2 Å². The Hall–Kier alpha value is -2.04. The van der Waals surface area contributed by atoms with Crippen molar-refractivity contribution in [1.82, 2.24) is 16.0 Å². The first kappa shape index (κ1) is 20.0. The van der Waals surface area contributed by atoms with Crippen LogP contribution in [0.5, 0.6) is 0 Å². The quantitative estimate of drug-likeness (QED) is 0.506. The van der Waals surface area contributed by atoms with Gasteiger partial charge in [0, 0.05) is 31.7 Å².